The molecule has 1 aliphatic rings. The number of nitrogens with one attached hydrogen (secondary N) is 1. The van der Waals surface area contributed by atoms with Gasteiger partial charge in [-0.2, -0.15) is 4.31 Å². The Balaban J connectivity index is 2.21. The molecule has 96 valence electrons. The first-order valence-electron chi connectivity index (χ1n) is 6.05. The summed E-state index contributed by atoms with van der Waals surface area (Å²) in [5.74, 6) is 1.12. The monoisotopic (exact) mass is 257 g/mol. The average Bonchev–Trinajstić information content (AvgIpc) is 2.76. The molecule has 1 aliphatic heterocycles. The van der Waals surface area contributed by atoms with Gasteiger partial charge in [0.2, 0.25) is 0 Å². The van der Waals surface area contributed by atoms with Crippen LogP contribution < -0.4 is 0 Å². The predicted octanol–water partition coefficient (Wildman–Crippen LogP) is 1.53. The molecule has 0 spiro atoms. The third-order valence-corrected chi connectivity index (χ3v) is 5.13. The lowest BCUT2D eigenvalue weighted by Crippen LogP contribution is -2.39. The Hall–Kier alpha value is -0.880. The van der Waals surface area contributed by atoms with Gasteiger partial charge in [0.1, 0.15) is 5.82 Å². The van der Waals surface area contributed by atoms with Gasteiger partial charge in [0, 0.05) is 13.1 Å². The smallest absolute Gasteiger partial charge is 0.260 e. The number of imidazole rings is 1. The molecule has 0 aromatic carbocycles. The standard InChI is InChI=1S/C11H19N3O2S/c1-3-10-5-4-6-14(8-10)17(15,16)11-7-12-9(2)13-11/h7,10H,3-6,8H2,1-2H3,(H,12,13). The van der Waals surface area contributed by atoms with E-state index in [2.05, 4.69) is 16.9 Å². The molecular formula is C11H19N3O2S. The van der Waals surface area contributed by atoms with Gasteiger partial charge in [-0.05, 0) is 25.7 Å². The molecule has 1 aromatic rings. The fourth-order valence-electron chi connectivity index (χ4n) is 2.25. The molecule has 5 nitrogen and oxygen atoms in total. The molecule has 6 heteroatoms. The molecule has 0 radical (unpaired) electrons. The van der Waals surface area contributed by atoms with Gasteiger partial charge >= 0.3 is 0 Å². The van der Waals surface area contributed by atoms with Crippen molar-refractivity contribution in [1.29, 1.82) is 0 Å². The summed E-state index contributed by atoms with van der Waals surface area (Å²) in [6.45, 7) is 5.12. The van der Waals surface area contributed by atoms with E-state index in [4.69, 9.17) is 0 Å². The van der Waals surface area contributed by atoms with Crippen molar-refractivity contribution >= 4 is 10.0 Å². The van der Waals surface area contributed by atoms with E-state index in [0.717, 1.165) is 19.3 Å². The summed E-state index contributed by atoms with van der Waals surface area (Å²) in [6, 6.07) is 0. The van der Waals surface area contributed by atoms with Gasteiger partial charge in [-0.15, -0.1) is 0 Å². The highest BCUT2D eigenvalue weighted by Crippen LogP contribution is 2.24. The van der Waals surface area contributed by atoms with E-state index in [1.54, 1.807) is 11.2 Å². The molecule has 1 fully saturated rings. The van der Waals surface area contributed by atoms with Crippen molar-refractivity contribution in [2.24, 2.45) is 5.92 Å². The summed E-state index contributed by atoms with van der Waals surface area (Å²) in [4.78, 5) is 6.76. The highest BCUT2D eigenvalue weighted by Gasteiger charge is 2.30. The number of sulfonamides is 1. The minimum atomic E-state index is -3.37. The molecule has 0 amide bonds. The summed E-state index contributed by atoms with van der Waals surface area (Å²) in [7, 11) is -3.37. The largest absolute Gasteiger partial charge is 0.332 e. The maximum Gasteiger partial charge on any atom is 0.260 e. The van der Waals surface area contributed by atoms with Crippen LogP contribution in [0.5, 0.6) is 0 Å². The summed E-state index contributed by atoms with van der Waals surface area (Å²) < 4.78 is 26.2. The maximum absolute atomic E-state index is 12.3. The van der Waals surface area contributed by atoms with Crippen LogP contribution in [-0.2, 0) is 10.0 Å². The summed E-state index contributed by atoms with van der Waals surface area (Å²) in [5, 5.41) is 0.215. The Bertz CT molecular complexity index is 481. The third-order valence-electron chi connectivity index (χ3n) is 3.36. The lowest BCUT2D eigenvalue weighted by atomic mass is 9.97. The van der Waals surface area contributed by atoms with Crippen LogP contribution >= 0.6 is 0 Å². The van der Waals surface area contributed by atoms with Crippen LogP contribution in [0.25, 0.3) is 0 Å². The van der Waals surface area contributed by atoms with Gasteiger partial charge in [0.15, 0.2) is 5.03 Å². The molecular weight excluding hydrogens is 238 g/mol. The van der Waals surface area contributed by atoms with Crippen LogP contribution in [0.4, 0.5) is 0 Å². The predicted molar refractivity (Wildman–Crippen MR) is 65.1 cm³/mol. The Labute approximate surface area is 102 Å². The lowest BCUT2D eigenvalue weighted by molar-refractivity contribution is 0.261. The minimum absolute atomic E-state index is 0.215. The summed E-state index contributed by atoms with van der Waals surface area (Å²) in [6.07, 6.45) is 4.52. The normalized spacial score (nSPS) is 22.8. The maximum atomic E-state index is 12.3. The second kappa shape index (κ2) is 4.78. The number of hydrogen-bond donors (Lipinski definition) is 1. The average molecular weight is 257 g/mol. The Kier molecular flexibility index (Phi) is 3.53. The van der Waals surface area contributed by atoms with Gasteiger partial charge in [-0.3, -0.25) is 0 Å². The van der Waals surface area contributed by atoms with Gasteiger partial charge in [-0.25, -0.2) is 13.4 Å². The van der Waals surface area contributed by atoms with Gasteiger partial charge in [0.05, 0.1) is 6.20 Å². The van der Waals surface area contributed by atoms with Crippen LogP contribution in [0.15, 0.2) is 11.2 Å². The van der Waals surface area contributed by atoms with E-state index < -0.39 is 10.0 Å². The number of aromatic amines is 1. The molecule has 1 unspecified atom stereocenters. The molecule has 1 N–H and O–H groups in total. The molecule has 0 bridgehead atoms. The van der Waals surface area contributed by atoms with Crippen LogP contribution in [0.3, 0.4) is 0 Å². The fraction of sp³-hybridized carbons (Fsp3) is 0.727. The molecule has 0 aliphatic carbocycles. The number of aryl methyl sites for hydroxylation is 1. The van der Waals surface area contributed by atoms with E-state index in [0.29, 0.717) is 24.8 Å². The lowest BCUT2D eigenvalue weighted by Gasteiger charge is -2.30. The van der Waals surface area contributed by atoms with Crippen molar-refractivity contribution in [3.8, 4) is 0 Å². The molecule has 17 heavy (non-hydrogen) atoms. The number of hydrogen-bond acceptors (Lipinski definition) is 3. The third kappa shape index (κ3) is 2.52. The minimum Gasteiger partial charge on any atom is -0.332 e. The fourth-order valence-corrected chi connectivity index (χ4v) is 3.76. The van der Waals surface area contributed by atoms with Crippen LogP contribution in [-0.4, -0.2) is 35.8 Å². The van der Waals surface area contributed by atoms with E-state index in [1.807, 2.05) is 0 Å². The van der Waals surface area contributed by atoms with Crippen molar-refractivity contribution in [2.75, 3.05) is 13.1 Å². The number of nitrogens with zero attached hydrogens (tertiary/aromatic N) is 2. The first-order valence-corrected chi connectivity index (χ1v) is 7.49. The van der Waals surface area contributed by atoms with Crippen LogP contribution in [0.1, 0.15) is 32.0 Å². The van der Waals surface area contributed by atoms with Gasteiger partial charge in [-0.1, -0.05) is 13.3 Å². The summed E-state index contributed by atoms with van der Waals surface area (Å²) >= 11 is 0. The zero-order valence-electron chi connectivity index (χ0n) is 10.3. The topological polar surface area (TPSA) is 66.1 Å². The van der Waals surface area contributed by atoms with E-state index in [9.17, 15) is 8.42 Å². The van der Waals surface area contributed by atoms with Gasteiger partial charge < -0.3 is 4.98 Å². The van der Waals surface area contributed by atoms with Crippen molar-refractivity contribution < 1.29 is 8.42 Å². The molecule has 0 saturated carbocycles. The van der Waals surface area contributed by atoms with Crippen LogP contribution in [0.2, 0.25) is 0 Å². The molecule has 1 atom stereocenters. The quantitative estimate of drug-likeness (QED) is 0.893. The van der Waals surface area contributed by atoms with Crippen molar-refractivity contribution in [2.45, 2.75) is 38.1 Å². The number of piperidine rings is 1. The molecule has 2 heterocycles. The zero-order valence-corrected chi connectivity index (χ0v) is 11.1. The highest BCUT2D eigenvalue weighted by molar-refractivity contribution is 7.89. The molecule has 1 saturated heterocycles. The first kappa shape index (κ1) is 12.6. The van der Waals surface area contributed by atoms with Crippen molar-refractivity contribution in [1.82, 2.24) is 14.3 Å². The molecule has 2 rings (SSSR count). The molecule has 1 aromatic heterocycles. The van der Waals surface area contributed by atoms with E-state index >= 15 is 0 Å². The number of H-pyrrole nitrogens is 1. The zero-order chi connectivity index (χ0) is 12.5. The SMILES string of the molecule is CCC1CCCN(S(=O)(=O)c2cnc(C)[nH]2)C1. The Morgan fingerprint density at radius 1 is 1.59 bits per heavy atom. The van der Waals surface area contributed by atoms with E-state index in [1.165, 1.54) is 6.20 Å². The van der Waals surface area contributed by atoms with Crippen LogP contribution in [0, 0.1) is 12.8 Å². The number of aromatic nitrogens is 2. The summed E-state index contributed by atoms with van der Waals surface area (Å²) in [5.41, 5.74) is 0. The van der Waals surface area contributed by atoms with Crippen molar-refractivity contribution in [3.63, 3.8) is 0 Å². The Morgan fingerprint density at radius 2 is 2.35 bits per heavy atom. The highest BCUT2D eigenvalue weighted by atomic mass is 32.2. The second-order valence-corrected chi connectivity index (χ2v) is 6.52. The second-order valence-electron chi connectivity index (χ2n) is 4.61. The van der Waals surface area contributed by atoms with Gasteiger partial charge in [0.25, 0.3) is 10.0 Å². The Morgan fingerprint density at radius 3 is 2.94 bits per heavy atom. The first-order chi connectivity index (χ1) is 8.04. The van der Waals surface area contributed by atoms with E-state index in [-0.39, 0.29) is 5.03 Å². The van der Waals surface area contributed by atoms with Crippen molar-refractivity contribution in [3.05, 3.63) is 12.0 Å². The number of rotatable bonds is 3.